The maximum absolute atomic E-state index is 13.0. The van der Waals surface area contributed by atoms with Gasteiger partial charge in [0, 0.05) is 42.1 Å². The molecule has 8 heteroatoms. The van der Waals surface area contributed by atoms with E-state index in [4.69, 9.17) is 23.2 Å². The molecule has 154 valence electrons. The molecule has 0 aliphatic carbocycles. The van der Waals surface area contributed by atoms with Crippen LogP contribution in [0.3, 0.4) is 0 Å². The largest absolute Gasteiger partial charge is 0.338 e. The number of carbonyl (C=O) groups is 1. The maximum Gasteiger partial charge on any atom is 0.243 e. The molecule has 1 saturated heterocycles. The van der Waals surface area contributed by atoms with Crippen molar-refractivity contribution in [3.05, 3.63) is 63.6 Å². The van der Waals surface area contributed by atoms with E-state index in [9.17, 15) is 13.2 Å². The molecule has 0 saturated carbocycles. The Bertz CT molecular complexity index is 1010. The lowest BCUT2D eigenvalue weighted by atomic mass is 9.94. The van der Waals surface area contributed by atoms with Crippen molar-refractivity contribution in [2.45, 2.75) is 30.7 Å². The van der Waals surface area contributed by atoms with E-state index < -0.39 is 10.0 Å². The second-order valence-corrected chi connectivity index (χ2v) is 10.4. The summed E-state index contributed by atoms with van der Waals surface area (Å²) >= 11 is 11.9. The van der Waals surface area contributed by atoms with Crippen molar-refractivity contribution in [3.63, 3.8) is 0 Å². The molecule has 2 aromatic carbocycles. The normalized spacial score (nSPS) is 18.5. The van der Waals surface area contributed by atoms with Crippen molar-refractivity contribution in [3.8, 4) is 0 Å². The molecule has 0 aromatic heterocycles. The predicted molar refractivity (Wildman–Crippen MR) is 114 cm³/mol. The number of nitrogens with zero attached hydrogens (tertiary/aromatic N) is 2. The van der Waals surface area contributed by atoms with Crippen molar-refractivity contribution in [2.24, 2.45) is 5.92 Å². The molecule has 0 radical (unpaired) electrons. The van der Waals surface area contributed by atoms with Gasteiger partial charge in [-0.3, -0.25) is 4.79 Å². The first-order chi connectivity index (χ1) is 13.8. The predicted octanol–water partition coefficient (Wildman–Crippen LogP) is 3.98. The number of amides is 1. The number of hydrogen-bond acceptors (Lipinski definition) is 3. The Kier molecular flexibility index (Phi) is 5.89. The van der Waals surface area contributed by atoms with Gasteiger partial charge in [0.25, 0.3) is 0 Å². The van der Waals surface area contributed by atoms with Gasteiger partial charge in [-0.25, -0.2) is 8.42 Å². The topological polar surface area (TPSA) is 57.7 Å². The van der Waals surface area contributed by atoms with E-state index >= 15 is 0 Å². The van der Waals surface area contributed by atoms with Gasteiger partial charge < -0.3 is 4.90 Å². The van der Waals surface area contributed by atoms with E-state index in [2.05, 4.69) is 12.1 Å². The second kappa shape index (κ2) is 8.26. The zero-order chi connectivity index (χ0) is 20.6. The highest BCUT2D eigenvalue weighted by molar-refractivity contribution is 7.89. The monoisotopic (exact) mass is 452 g/mol. The van der Waals surface area contributed by atoms with Gasteiger partial charge in [0.15, 0.2) is 0 Å². The van der Waals surface area contributed by atoms with Crippen molar-refractivity contribution in [2.75, 3.05) is 19.6 Å². The molecule has 0 bridgehead atoms. The minimum atomic E-state index is -3.68. The summed E-state index contributed by atoms with van der Waals surface area (Å²) in [5.41, 5.74) is 2.50. The van der Waals surface area contributed by atoms with Crippen molar-refractivity contribution < 1.29 is 13.2 Å². The van der Waals surface area contributed by atoms with Gasteiger partial charge in [-0.15, -0.1) is 0 Å². The van der Waals surface area contributed by atoms with E-state index in [-0.39, 0.29) is 26.8 Å². The Labute approximate surface area is 181 Å². The van der Waals surface area contributed by atoms with Gasteiger partial charge in [-0.2, -0.15) is 4.31 Å². The first-order valence-electron chi connectivity index (χ1n) is 9.66. The highest BCUT2D eigenvalue weighted by Crippen LogP contribution is 2.29. The van der Waals surface area contributed by atoms with Crippen LogP contribution in [0.2, 0.25) is 10.0 Å². The quantitative estimate of drug-likeness (QED) is 0.707. The van der Waals surface area contributed by atoms with Crippen LogP contribution in [0.1, 0.15) is 24.0 Å². The standard InChI is InChI=1S/C21H22Cl2N2O3S/c22-18-11-19(23)13-20(12-18)29(27,28)25-9-6-16(7-10-25)21(26)24-8-5-15-3-1-2-4-17(15)14-24/h1-4,11-13,16H,5-10,14H2. The number of fused-ring (bicyclic) bond motifs is 1. The third-order valence-corrected chi connectivity index (χ3v) is 8.03. The molecule has 5 nitrogen and oxygen atoms in total. The fourth-order valence-electron chi connectivity index (χ4n) is 4.11. The van der Waals surface area contributed by atoms with Crippen LogP contribution in [-0.2, 0) is 27.8 Å². The summed E-state index contributed by atoms with van der Waals surface area (Å²) in [6.45, 7) is 1.98. The number of benzene rings is 2. The van der Waals surface area contributed by atoms with Crippen molar-refractivity contribution in [1.29, 1.82) is 0 Å². The fourth-order valence-corrected chi connectivity index (χ4v) is 6.31. The van der Waals surface area contributed by atoms with Gasteiger partial charge in [0.2, 0.25) is 15.9 Å². The molecule has 2 aromatic rings. The van der Waals surface area contributed by atoms with Gasteiger partial charge in [-0.1, -0.05) is 47.5 Å². The molecule has 1 fully saturated rings. The highest BCUT2D eigenvalue weighted by atomic mass is 35.5. The van der Waals surface area contributed by atoms with Crippen LogP contribution in [0.4, 0.5) is 0 Å². The molecule has 29 heavy (non-hydrogen) atoms. The van der Waals surface area contributed by atoms with Gasteiger partial charge >= 0.3 is 0 Å². The summed E-state index contributed by atoms with van der Waals surface area (Å²) in [4.78, 5) is 15.0. The summed E-state index contributed by atoms with van der Waals surface area (Å²) in [7, 11) is -3.68. The highest BCUT2D eigenvalue weighted by Gasteiger charge is 2.34. The molecular formula is C21H22Cl2N2O3S. The van der Waals surface area contributed by atoms with Crippen LogP contribution < -0.4 is 0 Å². The number of carbonyl (C=O) groups excluding carboxylic acids is 1. The van der Waals surface area contributed by atoms with Crippen LogP contribution in [0.25, 0.3) is 0 Å². The zero-order valence-corrected chi connectivity index (χ0v) is 18.2. The SMILES string of the molecule is O=C(C1CCN(S(=O)(=O)c2cc(Cl)cc(Cl)c2)CC1)N1CCc2ccccc2C1. The third kappa shape index (κ3) is 4.31. The summed E-state index contributed by atoms with van der Waals surface area (Å²) in [5.74, 6) is -0.0167. The van der Waals surface area contributed by atoms with E-state index in [1.54, 1.807) is 0 Å². The van der Waals surface area contributed by atoms with Gasteiger partial charge in [0.1, 0.15) is 0 Å². The molecule has 2 heterocycles. The summed E-state index contributed by atoms with van der Waals surface area (Å²) < 4.78 is 27.3. The van der Waals surface area contributed by atoms with Gasteiger partial charge in [0.05, 0.1) is 4.90 Å². The molecular weight excluding hydrogens is 431 g/mol. The summed E-state index contributed by atoms with van der Waals surface area (Å²) in [6, 6.07) is 12.5. The molecule has 2 aliphatic heterocycles. The van der Waals surface area contributed by atoms with Crippen molar-refractivity contribution in [1.82, 2.24) is 9.21 Å². The zero-order valence-electron chi connectivity index (χ0n) is 15.9. The van der Waals surface area contributed by atoms with Crippen LogP contribution in [0.15, 0.2) is 47.4 Å². The second-order valence-electron chi connectivity index (χ2n) is 7.56. The van der Waals surface area contributed by atoms with Crippen LogP contribution >= 0.6 is 23.2 Å². The van der Waals surface area contributed by atoms with E-state index in [1.165, 1.54) is 33.6 Å². The summed E-state index contributed by atoms with van der Waals surface area (Å²) in [6.07, 6.45) is 1.90. The Balaban J connectivity index is 1.41. The van der Waals surface area contributed by atoms with Gasteiger partial charge in [-0.05, 0) is 48.6 Å². The molecule has 4 rings (SSSR count). The van der Waals surface area contributed by atoms with Crippen molar-refractivity contribution >= 4 is 39.1 Å². The molecule has 0 atom stereocenters. The Hall–Kier alpha value is -1.60. The van der Waals surface area contributed by atoms with Crippen LogP contribution in [-0.4, -0.2) is 43.2 Å². The molecule has 2 aliphatic rings. The average Bonchev–Trinajstić information content (AvgIpc) is 2.72. The summed E-state index contributed by atoms with van der Waals surface area (Å²) in [5, 5.41) is 0.568. The fraction of sp³-hybridized carbons (Fsp3) is 0.381. The smallest absolute Gasteiger partial charge is 0.243 e. The number of hydrogen-bond donors (Lipinski definition) is 0. The first kappa shape index (κ1) is 20.7. The lowest BCUT2D eigenvalue weighted by Crippen LogP contribution is -2.45. The minimum absolute atomic E-state index is 0.0902. The van der Waals surface area contributed by atoms with E-state index in [1.807, 2.05) is 17.0 Å². The Morgan fingerprint density at radius 1 is 0.931 bits per heavy atom. The lowest BCUT2D eigenvalue weighted by Gasteiger charge is -2.35. The third-order valence-electron chi connectivity index (χ3n) is 5.72. The lowest BCUT2D eigenvalue weighted by molar-refractivity contribution is -0.137. The van der Waals surface area contributed by atoms with Crippen LogP contribution in [0, 0.1) is 5.92 Å². The van der Waals surface area contributed by atoms with Crippen LogP contribution in [0.5, 0.6) is 0 Å². The molecule has 0 spiro atoms. The number of halogens is 2. The molecule has 0 unspecified atom stereocenters. The minimum Gasteiger partial charge on any atom is -0.338 e. The maximum atomic E-state index is 13.0. The average molecular weight is 453 g/mol. The Morgan fingerprint density at radius 3 is 2.21 bits per heavy atom. The van der Waals surface area contributed by atoms with E-state index in [0.29, 0.717) is 32.5 Å². The Morgan fingerprint density at radius 2 is 1.55 bits per heavy atom. The molecule has 1 amide bonds. The number of rotatable bonds is 3. The number of sulfonamides is 1. The molecule has 0 N–H and O–H groups in total. The van der Waals surface area contributed by atoms with E-state index in [0.717, 1.165) is 13.0 Å². The first-order valence-corrected chi connectivity index (χ1v) is 11.9. The number of piperidine rings is 1.